The molecule has 1 aliphatic carbocycles. The van der Waals surface area contributed by atoms with Crippen molar-refractivity contribution in [2.75, 3.05) is 4.90 Å². The number of benzene rings is 10. The van der Waals surface area contributed by atoms with Gasteiger partial charge >= 0.3 is 0 Å². The summed E-state index contributed by atoms with van der Waals surface area (Å²) >= 11 is 0. The summed E-state index contributed by atoms with van der Waals surface area (Å²) in [5.41, 5.74) is 18.8. The summed E-state index contributed by atoms with van der Waals surface area (Å²) in [6, 6.07) is 93.7. The normalized spacial score (nSPS) is 12.8. The molecule has 0 spiro atoms. The standard InChI is InChI=1S/C64H48N2/c1-63(2)59-29-17-15-27-55(59)56-41-33-46(43-60(56)63)45-31-37-53(38-32-45)65(51-23-11-5-12-24-51)54-39-34-49(35-40-54)64(47-19-7-3-8-20-47,48-21-9-4-10-22-48)50-36-42-58-57-28-16-18-30-61(57)66(62(58)44-50)52-25-13-6-14-26-52/h3-44H,1-2H3. The number of aromatic nitrogens is 1. The lowest BCUT2D eigenvalue weighted by molar-refractivity contribution is 0.660. The maximum Gasteiger partial charge on any atom is 0.0702 e. The van der Waals surface area contributed by atoms with Gasteiger partial charge in [-0.2, -0.15) is 0 Å². The molecular weight excluding hydrogens is 797 g/mol. The van der Waals surface area contributed by atoms with Crippen molar-refractivity contribution in [1.29, 1.82) is 0 Å². The molecule has 1 aromatic heterocycles. The summed E-state index contributed by atoms with van der Waals surface area (Å²) in [6.45, 7) is 4.70. The quantitative estimate of drug-likeness (QED) is 0.131. The van der Waals surface area contributed by atoms with Crippen molar-refractivity contribution in [2.45, 2.75) is 24.7 Å². The Kier molecular flexibility index (Phi) is 9.43. The molecule has 0 unspecified atom stereocenters. The zero-order valence-corrected chi connectivity index (χ0v) is 37.1. The van der Waals surface area contributed by atoms with Crippen LogP contribution in [-0.4, -0.2) is 4.57 Å². The number of rotatable bonds is 9. The van der Waals surface area contributed by atoms with E-state index < -0.39 is 5.41 Å². The van der Waals surface area contributed by atoms with Crippen LogP contribution in [0.15, 0.2) is 255 Å². The lowest BCUT2D eigenvalue weighted by atomic mass is 9.65. The minimum atomic E-state index is -0.641. The molecule has 10 aromatic carbocycles. The van der Waals surface area contributed by atoms with Crippen LogP contribution in [0.1, 0.15) is 47.2 Å². The van der Waals surface area contributed by atoms with Crippen LogP contribution in [0.3, 0.4) is 0 Å². The number of hydrogen-bond acceptors (Lipinski definition) is 1. The Morgan fingerprint density at radius 1 is 0.348 bits per heavy atom. The molecule has 0 saturated heterocycles. The van der Waals surface area contributed by atoms with Crippen LogP contribution in [0, 0.1) is 0 Å². The molecule has 0 N–H and O–H groups in total. The molecule has 0 fully saturated rings. The maximum atomic E-state index is 2.44. The van der Waals surface area contributed by atoms with Gasteiger partial charge in [-0.1, -0.05) is 202 Å². The lowest BCUT2D eigenvalue weighted by Crippen LogP contribution is -2.31. The van der Waals surface area contributed by atoms with Crippen molar-refractivity contribution in [1.82, 2.24) is 4.57 Å². The van der Waals surface area contributed by atoms with Gasteiger partial charge in [0.1, 0.15) is 0 Å². The van der Waals surface area contributed by atoms with Crippen molar-refractivity contribution in [3.8, 4) is 27.9 Å². The second-order valence-electron chi connectivity index (χ2n) is 18.1. The van der Waals surface area contributed by atoms with E-state index in [9.17, 15) is 0 Å². The number of para-hydroxylation sites is 3. The summed E-state index contributed by atoms with van der Waals surface area (Å²) in [5.74, 6) is 0. The Balaban J connectivity index is 0.995. The van der Waals surface area contributed by atoms with Gasteiger partial charge in [0.05, 0.1) is 16.4 Å². The van der Waals surface area contributed by atoms with E-state index in [2.05, 4.69) is 278 Å². The third-order valence-corrected chi connectivity index (χ3v) is 14.2. The minimum absolute atomic E-state index is 0.0499. The van der Waals surface area contributed by atoms with Gasteiger partial charge in [0.2, 0.25) is 0 Å². The van der Waals surface area contributed by atoms with Crippen LogP contribution in [0.25, 0.3) is 49.7 Å². The van der Waals surface area contributed by atoms with E-state index in [1.165, 1.54) is 77.4 Å². The molecule has 1 aliphatic rings. The monoisotopic (exact) mass is 844 g/mol. The molecule has 0 radical (unpaired) electrons. The summed E-state index contributed by atoms with van der Waals surface area (Å²) in [6.07, 6.45) is 0. The molecule has 314 valence electrons. The number of fused-ring (bicyclic) bond motifs is 6. The Bertz CT molecular complexity index is 3480. The lowest BCUT2D eigenvalue weighted by Gasteiger charge is -2.37. The van der Waals surface area contributed by atoms with Gasteiger partial charge in [-0.25, -0.2) is 0 Å². The Labute approximate surface area is 387 Å². The first-order valence-electron chi connectivity index (χ1n) is 23.0. The SMILES string of the molecule is CC1(C)c2ccccc2-c2ccc(-c3ccc(N(c4ccccc4)c4ccc(C(c5ccccc5)(c5ccccc5)c5ccc6c7ccccc7n(-c7ccccc7)c6c5)cc4)cc3)cc21. The van der Waals surface area contributed by atoms with E-state index in [1.807, 2.05) is 0 Å². The third kappa shape index (κ3) is 6.25. The van der Waals surface area contributed by atoms with Gasteiger partial charge < -0.3 is 9.47 Å². The Hall–Kier alpha value is -8.20. The predicted molar refractivity (Wildman–Crippen MR) is 277 cm³/mol. The molecule has 11 aromatic rings. The zero-order chi connectivity index (χ0) is 44.2. The average molecular weight is 845 g/mol. The second kappa shape index (κ2) is 15.8. The number of nitrogens with zero attached hydrogens (tertiary/aromatic N) is 2. The highest BCUT2D eigenvalue weighted by Gasteiger charge is 2.39. The van der Waals surface area contributed by atoms with Crippen LogP contribution < -0.4 is 4.90 Å². The molecule has 1 heterocycles. The molecule has 66 heavy (non-hydrogen) atoms. The molecule has 0 atom stereocenters. The van der Waals surface area contributed by atoms with Crippen molar-refractivity contribution in [3.05, 3.63) is 288 Å². The topological polar surface area (TPSA) is 8.17 Å². The molecule has 0 aliphatic heterocycles. The van der Waals surface area contributed by atoms with Gasteiger partial charge in [0.15, 0.2) is 0 Å². The molecular formula is C64H48N2. The number of hydrogen-bond donors (Lipinski definition) is 0. The Morgan fingerprint density at radius 2 is 0.833 bits per heavy atom. The third-order valence-electron chi connectivity index (χ3n) is 14.2. The van der Waals surface area contributed by atoms with Crippen LogP contribution in [-0.2, 0) is 10.8 Å². The second-order valence-corrected chi connectivity index (χ2v) is 18.1. The van der Waals surface area contributed by atoms with Crippen molar-refractivity contribution in [3.63, 3.8) is 0 Å². The van der Waals surface area contributed by atoms with Crippen LogP contribution in [0.4, 0.5) is 17.1 Å². The fourth-order valence-corrected chi connectivity index (χ4v) is 11.0. The van der Waals surface area contributed by atoms with Crippen molar-refractivity contribution >= 4 is 38.9 Å². The van der Waals surface area contributed by atoms with Crippen LogP contribution in [0.5, 0.6) is 0 Å². The van der Waals surface area contributed by atoms with E-state index >= 15 is 0 Å². The predicted octanol–water partition coefficient (Wildman–Crippen LogP) is 16.6. The zero-order valence-electron chi connectivity index (χ0n) is 37.1. The van der Waals surface area contributed by atoms with E-state index in [0.29, 0.717) is 0 Å². The maximum absolute atomic E-state index is 2.44. The highest BCUT2D eigenvalue weighted by atomic mass is 15.1. The van der Waals surface area contributed by atoms with Gasteiger partial charge in [-0.3, -0.25) is 0 Å². The van der Waals surface area contributed by atoms with Gasteiger partial charge in [-0.05, 0) is 122 Å². The molecule has 0 bridgehead atoms. The molecule has 12 rings (SSSR count). The average Bonchev–Trinajstić information content (AvgIpc) is 3.83. The van der Waals surface area contributed by atoms with Crippen LogP contribution >= 0.6 is 0 Å². The van der Waals surface area contributed by atoms with Crippen molar-refractivity contribution in [2.24, 2.45) is 0 Å². The summed E-state index contributed by atoms with van der Waals surface area (Å²) in [4.78, 5) is 2.37. The molecule has 2 heteroatoms. The van der Waals surface area contributed by atoms with E-state index in [-0.39, 0.29) is 5.41 Å². The van der Waals surface area contributed by atoms with Crippen LogP contribution in [0.2, 0.25) is 0 Å². The largest absolute Gasteiger partial charge is 0.311 e. The molecule has 0 saturated carbocycles. The minimum Gasteiger partial charge on any atom is -0.311 e. The highest BCUT2D eigenvalue weighted by Crippen LogP contribution is 2.51. The fraction of sp³-hybridized carbons (Fsp3) is 0.0625. The summed E-state index contributed by atoms with van der Waals surface area (Å²) < 4.78 is 2.42. The Morgan fingerprint density at radius 3 is 1.52 bits per heavy atom. The smallest absolute Gasteiger partial charge is 0.0702 e. The molecule has 0 amide bonds. The summed E-state index contributed by atoms with van der Waals surface area (Å²) in [7, 11) is 0. The van der Waals surface area contributed by atoms with Gasteiger partial charge in [-0.15, -0.1) is 0 Å². The van der Waals surface area contributed by atoms with Gasteiger partial charge in [0, 0.05) is 38.9 Å². The van der Waals surface area contributed by atoms with Crippen molar-refractivity contribution < 1.29 is 0 Å². The van der Waals surface area contributed by atoms with Gasteiger partial charge in [0.25, 0.3) is 0 Å². The first-order chi connectivity index (χ1) is 32.5. The first kappa shape index (κ1) is 39.4. The van der Waals surface area contributed by atoms with E-state index in [4.69, 9.17) is 0 Å². The molecule has 2 nitrogen and oxygen atoms in total. The van der Waals surface area contributed by atoms with E-state index in [1.54, 1.807) is 0 Å². The highest BCUT2D eigenvalue weighted by molar-refractivity contribution is 6.09. The van der Waals surface area contributed by atoms with E-state index in [0.717, 1.165) is 22.7 Å². The fourth-order valence-electron chi connectivity index (χ4n) is 11.0. The number of anilines is 3. The first-order valence-corrected chi connectivity index (χ1v) is 23.0. The summed E-state index contributed by atoms with van der Waals surface area (Å²) in [5, 5.41) is 2.48.